The number of anilines is 1. The molecule has 0 unspecified atom stereocenters. The van der Waals surface area contributed by atoms with Crippen LogP contribution in [0.25, 0.3) is 11.1 Å². The number of carbonyl (C=O) groups excluding carboxylic acids is 1. The molecule has 0 saturated heterocycles. The van der Waals surface area contributed by atoms with Gasteiger partial charge in [0, 0.05) is 31.6 Å². The number of nitrogens with zero attached hydrogens (tertiary/aromatic N) is 3. The van der Waals surface area contributed by atoms with Gasteiger partial charge in [0.2, 0.25) is 0 Å². The number of carbonyl (C=O) groups is 1. The average Bonchev–Trinajstić information content (AvgIpc) is 3.17. The summed E-state index contributed by atoms with van der Waals surface area (Å²) < 4.78 is 5.55. The first kappa shape index (κ1) is 16.3. The maximum absolute atomic E-state index is 13.1. The number of fused-ring (bicyclic) bond motifs is 1. The van der Waals surface area contributed by atoms with Crippen LogP contribution in [-0.2, 0) is 13.0 Å². The number of aromatic nitrogens is 2. The fraction of sp³-hybridized carbons (Fsp3) is 0.250. The van der Waals surface area contributed by atoms with Crippen molar-refractivity contribution in [2.24, 2.45) is 0 Å². The van der Waals surface area contributed by atoms with Gasteiger partial charge in [0.15, 0.2) is 5.76 Å². The van der Waals surface area contributed by atoms with Crippen LogP contribution >= 0.6 is 0 Å². The van der Waals surface area contributed by atoms with Gasteiger partial charge in [0.05, 0.1) is 12.0 Å². The molecule has 3 aromatic rings. The number of benzene rings is 1. The first-order valence-electron chi connectivity index (χ1n) is 8.78. The van der Waals surface area contributed by atoms with E-state index in [1.165, 1.54) is 0 Å². The molecule has 6 heteroatoms. The molecule has 0 saturated carbocycles. The van der Waals surface area contributed by atoms with Gasteiger partial charge in [0.25, 0.3) is 5.91 Å². The highest BCUT2D eigenvalue weighted by molar-refractivity contribution is 5.98. The van der Waals surface area contributed by atoms with Crippen molar-refractivity contribution in [2.75, 3.05) is 18.4 Å². The Labute approximate surface area is 151 Å². The van der Waals surface area contributed by atoms with Gasteiger partial charge in [-0.05, 0) is 30.2 Å². The molecule has 1 aliphatic heterocycles. The molecule has 132 valence electrons. The Bertz CT molecular complexity index is 921. The Kier molecular flexibility index (Phi) is 4.39. The summed E-state index contributed by atoms with van der Waals surface area (Å²) in [5.74, 6) is 1.03. The van der Waals surface area contributed by atoms with Gasteiger partial charge in [-0.3, -0.25) is 4.79 Å². The molecule has 0 spiro atoms. The van der Waals surface area contributed by atoms with Crippen molar-refractivity contribution in [1.29, 1.82) is 0 Å². The largest absolute Gasteiger partial charge is 0.459 e. The summed E-state index contributed by atoms with van der Waals surface area (Å²) in [7, 11) is 0. The first-order chi connectivity index (χ1) is 12.8. The van der Waals surface area contributed by atoms with Crippen LogP contribution in [0, 0.1) is 0 Å². The fourth-order valence-corrected chi connectivity index (χ4v) is 3.23. The topological polar surface area (TPSA) is 71.3 Å². The molecule has 1 N–H and O–H groups in total. The Morgan fingerprint density at radius 3 is 2.88 bits per heavy atom. The molecular weight excluding hydrogens is 328 g/mol. The van der Waals surface area contributed by atoms with Crippen molar-refractivity contribution in [3.05, 3.63) is 65.7 Å². The van der Waals surface area contributed by atoms with Crippen molar-refractivity contribution < 1.29 is 9.21 Å². The average molecular weight is 348 g/mol. The van der Waals surface area contributed by atoms with Gasteiger partial charge in [-0.25, -0.2) is 0 Å². The van der Waals surface area contributed by atoms with Gasteiger partial charge < -0.3 is 14.6 Å². The first-order valence-corrected chi connectivity index (χ1v) is 8.78. The molecule has 0 aliphatic carbocycles. The number of nitrogens with one attached hydrogen (secondary N) is 1. The van der Waals surface area contributed by atoms with Crippen LogP contribution in [-0.4, -0.2) is 34.1 Å². The van der Waals surface area contributed by atoms with Crippen LogP contribution in [0.2, 0.25) is 0 Å². The van der Waals surface area contributed by atoms with Gasteiger partial charge in [-0.15, -0.1) is 5.10 Å². The third kappa shape index (κ3) is 3.06. The minimum absolute atomic E-state index is 0.0960. The summed E-state index contributed by atoms with van der Waals surface area (Å²) in [4.78, 5) is 14.9. The Balaban J connectivity index is 1.59. The van der Waals surface area contributed by atoms with Crippen molar-refractivity contribution in [1.82, 2.24) is 15.1 Å². The molecule has 0 fully saturated rings. The zero-order chi connectivity index (χ0) is 17.9. The van der Waals surface area contributed by atoms with Crippen molar-refractivity contribution in [2.45, 2.75) is 19.9 Å². The van der Waals surface area contributed by atoms with Gasteiger partial charge in [0.1, 0.15) is 5.82 Å². The van der Waals surface area contributed by atoms with Gasteiger partial charge in [-0.2, -0.15) is 5.10 Å². The molecule has 1 amide bonds. The van der Waals surface area contributed by atoms with Crippen LogP contribution in [0.1, 0.15) is 28.7 Å². The van der Waals surface area contributed by atoms with Gasteiger partial charge in [-0.1, -0.05) is 30.3 Å². The summed E-state index contributed by atoms with van der Waals surface area (Å²) in [5.41, 5.74) is 3.78. The van der Waals surface area contributed by atoms with E-state index in [9.17, 15) is 4.79 Å². The summed E-state index contributed by atoms with van der Waals surface area (Å²) in [6, 6.07) is 13.6. The summed E-state index contributed by atoms with van der Waals surface area (Å²) in [6.07, 6.45) is 2.27. The van der Waals surface area contributed by atoms with E-state index in [0.717, 1.165) is 34.7 Å². The quantitative estimate of drug-likeness (QED) is 0.783. The number of rotatable bonds is 4. The van der Waals surface area contributed by atoms with E-state index < -0.39 is 0 Å². The molecule has 0 bridgehead atoms. The highest BCUT2D eigenvalue weighted by Gasteiger charge is 2.27. The van der Waals surface area contributed by atoms with Crippen LogP contribution in [0.5, 0.6) is 0 Å². The minimum Gasteiger partial charge on any atom is -0.459 e. The second-order valence-electron chi connectivity index (χ2n) is 6.24. The number of furan rings is 1. The monoisotopic (exact) mass is 348 g/mol. The second-order valence-corrected chi connectivity index (χ2v) is 6.24. The fourth-order valence-electron chi connectivity index (χ4n) is 3.23. The van der Waals surface area contributed by atoms with Crippen molar-refractivity contribution in [3.8, 4) is 11.1 Å². The lowest BCUT2D eigenvalue weighted by atomic mass is 10.0. The van der Waals surface area contributed by atoms with E-state index in [-0.39, 0.29) is 5.91 Å². The van der Waals surface area contributed by atoms with E-state index in [0.29, 0.717) is 25.3 Å². The third-order valence-corrected chi connectivity index (χ3v) is 4.53. The predicted molar refractivity (Wildman–Crippen MR) is 98.8 cm³/mol. The lowest BCUT2D eigenvalue weighted by molar-refractivity contribution is 0.0702. The molecular formula is C20H20N4O2. The highest BCUT2D eigenvalue weighted by Crippen LogP contribution is 2.28. The molecule has 26 heavy (non-hydrogen) atoms. The molecule has 1 aromatic carbocycles. The van der Waals surface area contributed by atoms with E-state index in [1.54, 1.807) is 6.26 Å². The summed E-state index contributed by atoms with van der Waals surface area (Å²) in [5, 5.41) is 11.6. The molecule has 3 heterocycles. The van der Waals surface area contributed by atoms with E-state index in [1.807, 2.05) is 54.3 Å². The molecule has 6 nitrogen and oxygen atoms in total. The SMILES string of the molecule is CCNc1cc2c(nn1)CCN(C(=O)c1occc1-c1ccccc1)C2. The minimum atomic E-state index is -0.0960. The zero-order valence-corrected chi connectivity index (χ0v) is 14.6. The smallest absolute Gasteiger partial charge is 0.290 e. The van der Waals surface area contributed by atoms with E-state index in [2.05, 4.69) is 15.5 Å². The third-order valence-electron chi connectivity index (χ3n) is 4.53. The lowest BCUT2D eigenvalue weighted by Crippen LogP contribution is -2.36. The summed E-state index contributed by atoms with van der Waals surface area (Å²) >= 11 is 0. The maximum atomic E-state index is 13.1. The molecule has 1 aliphatic rings. The highest BCUT2D eigenvalue weighted by atomic mass is 16.3. The number of amides is 1. The van der Waals surface area contributed by atoms with Crippen LogP contribution in [0.4, 0.5) is 5.82 Å². The van der Waals surface area contributed by atoms with Crippen LogP contribution in [0.15, 0.2) is 53.1 Å². The summed E-state index contributed by atoms with van der Waals surface area (Å²) in [6.45, 7) is 3.91. The Morgan fingerprint density at radius 1 is 1.23 bits per heavy atom. The van der Waals surface area contributed by atoms with Gasteiger partial charge >= 0.3 is 0 Å². The van der Waals surface area contributed by atoms with E-state index >= 15 is 0 Å². The normalized spacial score (nSPS) is 13.3. The predicted octanol–water partition coefficient (Wildman–Crippen LogP) is 3.37. The Morgan fingerprint density at radius 2 is 2.08 bits per heavy atom. The molecule has 0 radical (unpaired) electrons. The Hall–Kier alpha value is -3.15. The standard InChI is InChI=1S/C20H20N4O2/c1-2-21-18-12-15-13-24(10-8-17(15)22-23-18)20(25)19-16(9-11-26-19)14-6-4-3-5-7-14/h3-7,9,11-12H,2,8,10,13H2,1H3,(H,21,23). The molecule has 0 atom stereocenters. The lowest BCUT2D eigenvalue weighted by Gasteiger charge is -2.27. The molecule has 2 aromatic heterocycles. The van der Waals surface area contributed by atoms with Crippen molar-refractivity contribution in [3.63, 3.8) is 0 Å². The molecule has 4 rings (SSSR count). The zero-order valence-electron chi connectivity index (χ0n) is 14.6. The van der Waals surface area contributed by atoms with E-state index in [4.69, 9.17) is 4.42 Å². The second kappa shape index (κ2) is 7.00. The number of hydrogen-bond donors (Lipinski definition) is 1. The maximum Gasteiger partial charge on any atom is 0.290 e. The van der Waals surface area contributed by atoms with Crippen LogP contribution in [0.3, 0.4) is 0 Å². The number of hydrogen-bond acceptors (Lipinski definition) is 5. The van der Waals surface area contributed by atoms with Crippen LogP contribution < -0.4 is 5.32 Å². The van der Waals surface area contributed by atoms with Crippen molar-refractivity contribution >= 4 is 11.7 Å².